The van der Waals surface area contributed by atoms with Gasteiger partial charge >= 0.3 is 0 Å². The summed E-state index contributed by atoms with van der Waals surface area (Å²) in [7, 11) is 0. The number of ether oxygens (including phenoxy) is 1. The molecule has 1 heterocycles. The average molecular weight is 353 g/mol. The Morgan fingerprint density at radius 1 is 1.15 bits per heavy atom. The van der Waals surface area contributed by atoms with Gasteiger partial charge in [-0.3, -0.25) is 9.69 Å². The van der Waals surface area contributed by atoms with Crippen molar-refractivity contribution in [3.63, 3.8) is 0 Å². The summed E-state index contributed by atoms with van der Waals surface area (Å²) in [5.41, 5.74) is 2.18. The number of nitrogens with one attached hydrogen (secondary N) is 2. The van der Waals surface area contributed by atoms with Crippen molar-refractivity contribution in [1.82, 2.24) is 15.5 Å². The molecule has 1 aliphatic rings. The molecule has 3 rings (SSSR count). The number of nitrogens with zero attached hydrogens (tertiary/aromatic N) is 1. The lowest BCUT2D eigenvalue weighted by Gasteiger charge is -2.33. The number of carbonyl (C=O) groups excluding carboxylic acids is 1. The molecule has 0 radical (unpaired) electrons. The van der Waals surface area contributed by atoms with Crippen LogP contribution in [0.15, 0.2) is 54.6 Å². The van der Waals surface area contributed by atoms with Crippen LogP contribution in [0.25, 0.3) is 0 Å². The van der Waals surface area contributed by atoms with E-state index >= 15 is 0 Å². The lowest BCUT2D eigenvalue weighted by Crippen LogP contribution is -2.52. The fourth-order valence-corrected chi connectivity index (χ4v) is 3.10. The molecule has 1 aliphatic heterocycles. The molecule has 1 amide bonds. The zero-order valence-corrected chi connectivity index (χ0v) is 15.3. The van der Waals surface area contributed by atoms with Crippen LogP contribution in [0.5, 0.6) is 5.75 Å². The first kappa shape index (κ1) is 18.4. The van der Waals surface area contributed by atoms with Crippen LogP contribution >= 0.6 is 0 Å². The van der Waals surface area contributed by atoms with Gasteiger partial charge in [0.1, 0.15) is 12.4 Å². The van der Waals surface area contributed by atoms with Gasteiger partial charge < -0.3 is 15.4 Å². The van der Waals surface area contributed by atoms with E-state index in [1.54, 1.807) is 0 Å². The Morgan fingerprint density at radius 3 is 2.65 bits per heavy atom. The fourth-order valence-electron chi connectivity index (χ4n) is 3.10. The maximum absolute atomic E-state index is 12.3. The number of benzene rings is 2. The van der Waals surface area contributed by atoms with Gasteiger partial charge in [-0.05, 0) is 30.2 Å². The summed E-state index contributed by atoms with van der Waals surface area (Å²) in [4.78, 5) is 14.5. The van der Waals surface area contributed by atoms with E-state index in [4.69, 9.17) is 4.74 Å². The van der Waals surface area contributed by atoms with Crippen LogP contribution < -0.4 is 15.4 Å². The van der Waals surface area contributed by atoms with Gasteiger partial charge in [-0.2, -0.15) is 0 Å². The molecule has 26 heavy (non-hydrogen) atoms. The van der Waals surface area contributed by atoms with Crippen LogP contribution in [-0.2, 0) is 17.9 Å². The quantitative estimate of drug-likeness (QED) is 0.801. The summed E-state index contributed by atoms with van der Waals surface area (Å²) >= 11 is 0. The monoisotopic (exact) mass is 353 g/mol. The molecule has 2 N–H and O–H groups in total. The summed E-state index contributed by atoms with van der Waals surface area (Å²) in [6, 6.07) is 18.2. The molecule has 1 saturated heterocycles. The molecule has 0 aromatic heterocycles. The first-order valence-electron chi connectivity index (χ1n) is 9.18. The number of carbonyl (C=O) groups is 1. The molecule has 1 atom stereocenters. The van der Waals surface area contributed by atoms with E-state index in [0.717, 1.165) is 36.5 Å². The van der Waals surface area contributed by atoms with Crippen LogP contribution in [0.4, 0.5) is 0 Å². The number of hydrogen-bond donors (Lipinski definition) is 2. The predicted molar refractivity (Wildman–Crippen MR) is 103 cm³/mol. The van der Waals surface area contributed by atoms with E-state index in [0.29, 0.717) is 25.7 Å². The number of rotatable bonds is 7. The first-order valence-corrected chi connectivity index (χ1v) is 9.18. The van der Waals surface area contributed by atoms with Crippen molar-refractivity contribution in [3.8, 4) is 5.75 Å². The van der Waals surface area contributed by atoms with Crippen LogP contribution in [0, 0.1) is 0 Å². The van der Waals surface area contributed by atoms with Gasteiger partial charge in [-0.15, -0.1) is 0 Å². The fraction of sp³-hybridized carbons (Fsp3) is 0.381. The van der Waals surface area contributed by atoms with E-state index < -0.39 is 0 Å². The van der Waals surface area contributed by atoms with Gasteiger partial charge in [0.15, 0.2) is 0 Å². The molecule has 5 heteroatoms. The third kappa shape index (κ3) is 5.31. The molecular formula is C21H27N3O2. The molecule has 138 valence electrons. The second-order valence-corrected chi connectivity index (χ2v) is 6.67. The summed E-state index contributed by atoms with van der Waals surface area (Å²) in [5, 5.41) is 6.39. The Balaban J connectivity index is 1.52. The lowest BCUT2D eigenvalue weighted by atomic mass is 10.1. The van der Waals surface area contributed by atoms with Crippen molar-refractivity contribution in [2.45, 2.75) is 26.1 Å². The summed E-state index contributed by atoms with van der Waals surface area (Å²) < 4.78 is 5.85. The largest absolute Gasteiger partial charge is 0.489 e. The highest BCUT2D eigenvalue weighted by molar-refractivity contribution is 5.78. The Labute approximate surface area is 155 Å². The maximum atomic E-state index is 12.3. The maximum Gasteiger partial charge on any atom is 0.234 e. The van der Waals surface area contributed by atoms with Gasteiger partial charge in [0.05, 0.1) is 6.54 Å². The minimum atomic E-state index is 0.0672. The zero-order chi connectivity index (χ0) is 18.2. The number of hydrogen-bond acceptors (Lipinski definition) is 4. The third-order valence-electron chi connectivity index (χ3n) is 4.72. The molecule has 0 spiro atoms. The average Bonchev–Trinajstić information content (AvgIpc) is 2.68. The second-order valence-electron chi connectivity index (χ2n) is 6.67. The minimum Gasteiger partial charge on any atom is -0.489 e. The van der Waals surface area contributed by atoms with E-state index in [9.17, 15) is 4.79 Å². The van der Waals surface area contributed by atoms with Crippen LogP contribution in [0.2, 0.25) is 0 Å². The van der Waals surface area contributed by atoms with E-state index in [1.165, 1.54) is 0 Å². The van der Waals surface area contributed by atoms with Crippen molar-refractivity contribution < 1.29 is 9.53 Å². The van der Waals surface area contributed by atoms with Crippen molar-refractivity contribution in [3.05, 3.63) is 65.7 Å². The summed E-state index contributed by atoms with van der Waals surface area (Å²) in [6.07, 6.45) is 0. The number of piperazine rings is 1. The van der Waals surface area contributed by atoms with Gasteiger partial charge in [-0.25, -0.2) is 0 Å². The van der Waals surface area contributed by atoms with Crippen molar-refractivity contribution in [2.75, 3.05) is 26.2 Å². The van der Waals surface area contributed by atoms with Crippen LogP contribution in [0.3, 0.4) is 0 Å². The number of para-hydroxylation sites is 1. The highest BCUT2D eigenvalue weighted by Crippen LogP contribution is 2.14. The van der Waals surface area contributed by atoms with Crippen molar-refractivity contribution in [1.29, 1.82) is 0 Å². The Kier molecular flexibility index (Phi) is 6.63. The van der Waals surface area contributed by atoms with Gasteiger partial charge in [0, 0.05) is 32.2 Å². The predicted octanol–water partition coefficient (Wildman–Crippen LogP) is 2.18. The zero-order valence-electron chi connectivity index (χ0n) is 15.3. The van der Waals surface area contributed by atoms with Crippen LogP contribution in [-0.4, -0.2) is 43.0 Å². The lowest BCUT2D eigenvalue weighted by molar-refractivity contribution is -0.123. The summed E-state index contributed by atoms with van der Waals surface area (Å²) in [5.74, 6) is 0.913. The second kappa shape index (κ2) is 9.36. The van der Waals surface area contributed by atoms with Crippen molar-refractivity contribution in [2.24, 2.45) is 0 Å². The minimum absolute atomic E-state index is 0.0672. The van der Waals surface area contributed by atoms with E-state index in [1.807, 2.05) is 54.6 Å². The first-order chi connectivity index (χ1) is 12.7. The smallest absolute Gasteiger partial charge is 0.234 e. The van der Waals surface area contributed by atoms with Gasteiger partial charge in [0.2, 0.25) is 5.91 Å². The molecule has 2 aromatic rings. The van der Waals surface area contributed by atoms with Crippen LogP contribution in [0.1, 0.15) is 18.1 Å². The molecule has 5 nitrogen and oxygen atoms in total. The SMILES string of the molecule is C[C@H]1CNCCN1CC(=O)NCc1ccccc1COc1ccccc1. The van der Waals surface area contributed by atoms with Crippen molar-refractivity contribution >= 4 is 5.91 Å². The molecule has 2 aromatic carbocycles. The molecule has 0 aliphatic carbocycles. The molecule has 1 fully saturated rings. The molecule has 0 bridgehead atoms. The normalized spacial score (nSPS) is 17.7. The Morgan fingerprint density at radius 2 is 1.88 bits per heavy atom. The standard InChI is InChI=1S/C21H27N3O2/c1-17-13-22-11-12-24(17)15-21(25)23-14-18-7-5-6-8-19(18)16-26-20-9-3-2-4-10-20/h2-10,17,22H,11-16H2,1H3,(H,23,25)/t17-/m0/s1. The molecular weight excluding hydrogens is 326 g/mol. The Hall–Kier alpha value is -2.37. The summed E-state index contributed by atoms with van der Waals surface area (Å²) in [6.45, 7) is 6.40. The number of amides is 1. The molecule has 0 unspecified atom stereocenters. The highest BCUT2D eigenvalue weighted by Gasteiger charge is 2.20. The van der Waals surface area contributed by atoms with Gasteiger partial charge in [0.25, 0.3) is 0 Å². The topological polar surface area (TPSA) is 53.6 Å². The Bertz CT molecular complexity index is 705. The third-order valence-corrected chi connectivity index (χ3v) is 4.72. The highest BCUT2D eigenvalue weighted by atomic mass is 16.5. The van der Waals surface area contributed by atoms with E-state index in [-0.39, 0.29) is 5.91 Å². The van der Waals surface area contributed by atoms with Gasteiger partial charge in [-0.1, -0.05) is 42.5 Å². The van der Waals surface area contributed by atoms with E-state index in [2.05, 4.69) is 22.5 Å². The molecule has 0 saturated carbocycles.